The molecular weight excluding hydrogens is 78.0 g/mol. The molecular formula is C4H8NO. The highest BCUT2D eigenvalue weighted by Crippen LogP contribution is 1.72. The minimum Gasteiger partial charge on any atom is -0.330 e. The van der Waals surface area contributed by atoms with Crippen molar-refractivity contribution in [3.05, 3.63) is 12.3 Å². The average molecular weight is 86.1 g/mol. The molecule has 0 atom stereocenters. The maximum atomic E-state index is 9.45. The molecule has 1 radical (unpaired) electrons. The van der Waals surface area contributed by atoms with Crippen molar-refractivity contribution in [2.45, 2.75) is 6.42 Å². The van der Waals surface area contributed by atoms with Gasteiger partial charge in [-0.25, -0.2) is 0 Å². The van der Waals surface area contributed by atoms with Crippen LogP contribution in [0.5, 0.6) is 0 Å². The molecule has 0 saturated heterocycles. The molecule has 0 bridgehead atoms. The third kappa shape index (κ3) is 3.50. The topological polar surface area (TPSA) is 45.9 Å². The van der Waals surface area contributed by atoms with Crippen molar-refractivity contribution in [3.8, 4) is 0 Å². The minimum atomic E-state index is 0.568. The fourth-order valence-electron chi connectivity index (χ4n) is 0.164. The molecule has 2 heteroatoms. The molecule has 6 heavy (non-hydrogen) atoms. The fourth-order valence-corrected chi connectivity index (χ4v) is 0.164. The van der Waals surface area contributed by atoms with Crippen LogP contribution in [0.15, 0.2) is 12.3 Å². The zero-order valence-corrected chi connectivity index (χ0v) is 3.55. The molecule has 0 aromatic rings. The molecule has 0 amide bonds. The summed E-state index contributed by atoms with van der Waals surface area (Å²) in [7, 11) is 0. The first-order valence-electron chi connectivity index (χ1n) is 1.89. The Morgan fingerprint density at radius 1 is 1.67 bits per heavy atom. The summed E-state index contributed by atoms with van der Waals surface area (Å²) in [5, 5.41) is 9.45. The van der Waals surface area contributed by atoms with Gasteiger partial charge in [0, 0.05) is 0 Å². The van der Waals surface area contributed by atoms with E-state index in [9.17, 15) is 5.11 Å². The van der Waals surface area contributed by atoms with E-state index in [0.717, 1.165) is 6.26 Å². The van der Waals surface area contributed by atoms with E-state index in [1.165, 1.54) is 6.08 Å². The van der Waals surface area contributed by atoms with Crippen LogP contribution in [0.25, 0.3) is 0 Å². The van der Waals surface area contributed by atoms with Gasteiger partial charge in [-0.2, -0.15) is 0 Å². The predicted molar refractivity (Wildman–Crippen MR) is 23.5 cm³/mol. The molecule has 0 unspecified atom stereocenters. The predicted octanol–water partition coefficient (Wildman–Crippen LogP) is 0.279. The first kappa shape index (κ1) is 5.50. The highest BCUT2D eigenvalue weighted by atomic mass is 16.2. The van der Waals surface area contributed by atoms with Crippen LogP contribution in [0.1, 0.15) is 6.42 Å². The van der Waals surface area contributed by atoms with E-state index in [2.05, 4.69) is 0 Å². The van der Waals surface area contributed by atoms with Crippen LogP contribution >= 0.6 is 0 Å². The second-order valence-electron chi connectivity index (χ2n) is 0.949. The van der Waals surface area contributed by atoms with Gasteiger partial charge in [0.05, 0.1) is 0 Å². The van der Waals surface area contributed by atoms with Crippen LogP contribution in [0, 0.1) is 0 Å². The zero-order chi connectivity index (χ0) is 4.83. The molecule has 35 valence electrons. The van der Waals surface area contributed by atoms with Crippen molar-refractivity contribution in [3.63, 3.8) is 0 Å². The van der Waals surface area contributed by atoms with Gasteiger partial charge in [-0.3, -0.25) is 5.11 Å². The number of rotatable bonds is 2. The maximum Gasteiger partial charge on any atom is 0.138 e. The fraction of sp³-hybridized carbons (Fsp3) is 0.500. The van der Waals surface area contributed by atoms with Crippen LogP contribution in [0.2, 0.25) is 0 Å². The van der Waals surface area contributed by atoms with Crippen molar-refractivity contribution in [2.75, 3.05) is 6.54 Å². The lowest BCUT2D eigenvalue weighted by atomic mass is 10.4. The lowest BCUT2D eigenvalue weighted by Crippen LogP contribution is -1.94. The lowest BCUT2D eigenvalue weighted by Gasteiger charge is -1.75. The summed E-state index contributed by atoms with van der Waals surface area (Å²) in [6.07, 6.45) is 2.95. The van der Waals surface area contributed by atoms with Crippen molar-refractivity contribution < 1.29 is 5.11 Å². The molecule has 0 saturated carbocycles. The van der Waals surface area contributed by atoms with Gasteiger partial charge in [0.1, 0.15) is 6.26 Å². The van der Waals surface area contributed by atoms with Gasteiger partial charge in [-0.05, 0) is 19.0 Å². The second-order valence-corrected chi connectivity index (χ2v) is 0.949. The quantitative estimate of drug-likeness (QED) is 0.482. The molecule has 0 aromatic heterocycles. The maximum absolute atomic E-state index is 9.45. The summed E-state index contributed by atoms with van der Waals surface area (Å²) in [6, 6.07) is 0. The monoisotopic (exact) mass is 86.1 g/mol. The van der Waals surface area contributed by atoms with Crippen LogP contribution in [0.3, 0.4) is 0 Å². The molecule has 0 aliphatic rings. The summed E-state index contributed by atoms with van der Waals surface area (Å²) >= 11 is 0. The average Bonchev–Trinajstić information content (AvgIpc) is 1.61. The molecule has 2 N–H and O–H groups in total. The van der Waals surface area contributed by atoms with Gasteiger partial charge < -0.3 is 5.73 Å². The molecule has 0 aliphatic carbocycles. The Kier molecular flexibility index (Phi) is 4.12. The van der Waals surface area contributed by atoms with Crippen molar-refractivity contribution in [1.82, 2.24) is 0 Å². The van der Waals surface area contributed by atoms with Gasteiger partial charge >= 0.3 is 0 Å². The Morgan fingerprint density at radius 3 is 2.50 bits per heavy atom. The largest absolute Gasteiger partial charge is 0.330 e. The molecule has 0 spiro atoms. The van der Waals surface area contributed by atoms with Crippen LogP contribution < -0.4 is 5.73 Å². The standard InChI is InChI=1S/C4H8NO/c5-3-1-2-4-6/h2,4H,1,3,5H2/b4-2+. The van der Waals surface area contributed by atoms with E-state index in [-0.39, 0.29) is 0 Å². The summed E-state index contributed by atoms with van der Waals surface area (Å²) in [5.74, 6) is 0. The van der Waals surface area contributed by atoms with E-state index >= 15 is 0 Å². The Morgan fingerprint density at radius 2 is 2.33 bits per heavy atom. The molecule has 0 aromatic carbocycles. The molecule has 2 nitrogen and oxygen atoms in total. The van der Waals surface area contributed by atoms with Crippen molar-refractivity contribution in [2.24, 2.45) is 5.73 Å². The molecule has 0 fully saturated rings. The molecule has 0 heterocycles. The summed E-state index contributed by atoms with van der Waals surface area (Å²) in [4.78, 5) is 0. The number of nitrogens with two attached hydrogens (primary N) is 1. The van der Waals surface area contributed by atoms with Gasteiger partial charge in [0.25, 0.3) is 0 Å². The normalized spacial score (nSPS) is 10.2. The summed E-state index contributed by atoms with van der Waals surface area (Å²) in [5.41, 5.74) is 5.02. The Bertz CT molecular complexity index is 42.8. The first-order chi connectivity index (χ1) is 2.91. The Labute approximate surface area is 37.3 Å². The van der Waals surface area contributed by atoms with E-state index in [1.54, 1.807) is 0 Å². The molecule has 0 rings (SSSR count). The highest BCUT2D eigenvalue weighted by molar-refractivity contribution is 4.70. The van der Waals surface area contributed by atoms with Gasteiger partial charge in [-0.15, -0.1) is 0 Å². The second kappa shape index (κ2) is 4.50. The van der Waals surface area contributed by atoms with E-state index in [1.807, 2.05) is 0 Å². The summed E-state index contributed by atoms with van der Waals surface area (Å²) < 4.78 is 0. The van der Waals surface area contributed by atoms with E-state index in [4.69, 9.17) is 5.73 Å². The van der Waals surface area contributed by atoms with Crippen LogP contribution in [0.4, 0.5) is 0 Å². The first-order valence-corrected chi connectivity index (χ1v) is 1.89. The van der Waals surface area contributed by atoms with Crippen molar-refractivity contribution in [1.29, 1.82) is 0 Å². The number of hydrogen-bond acceptors (Lipinski definition) is 1. The highest BCUT2D eigenvalue weighted by Gasteiger charge is 1.67. The SMILES string of the molecule is NCC/C=C/[O]. The van der Waals surface area contributed by atoms with Gasteiger partial charge in [0.15, 0.2) is 0 Å². The van der Waals surface area contributed by atoms with E-state index < -0.39 is 0 Å². The zero-order valence-electron chi connectivity index (χ0n) is 3.55. The Balaban J connectivity index is 2.66. The van der Waals surface area contributed by atoms with Gasteiger partial charge in [-0.1, -0.05) is 0 Å². The molecule has 0 aliphatic heterocycles. The van der Waals surface area contributed by atoms with Crippen molar-refractivity contribution >= 4 is 0 Å². The smallest absolute Gasteiger partial charge is 0.138 e. The van der Waals surface area contributed by atoms with Crippen LogP contribution in [-0.2, 0) is 5.11 Å². The van der Waals surface area contributed by atoms with E-state index in [0.29, 0.717) is 13.0 Å². The Hall–Kier alpha value is -0.500. The third-order valence-corrected chi connectivity index (χ3v) is 0.430. The third-order valence-electron chi connectivity index (χ3n) is 0.430. The summed E-state index contributed by atoms with van der Waals surface area (Å²) in [6.45, 7) is 0.568. The van der Waals surface area contributed by atoms with Crippen LogP contribution in [-0.4, -0.2) is 6.54 Å². The minimum absolute atomic E-state index is 0.568. The lowest BCUT2D eigenvalue weighted by molar-refractivity contribution is 0.350. The van der Waals surface area contributed by atoms with Gasteiger partial charge in [0.2, 0.25) is 0 Å². The number of hydrogen-bond donors (Lipinski definition) is 1.